The lowest BCUT2D eigenvalue weighted by molar-refractivity contribution is -0.222. The van der Waals surface area contributed by atoms with Gasteiger partial charge in [-0.05, 0) is 51.1 Å². The second-order valence-corrected chi connectivity index (χ2v) is 17.2. The zero-order valence-electron chi connectivity index (χ0n) is 14.8. The molecule has 1 rings (SSSR count). The number of rotatable bonds is 5. The standard InChI is InChI=1S/C15H34O3Si2/c1-11-12(2)14(10-16-19(4,5)6)17-15(13(11)3)18-20(7,8)9/h11-15H,10H2,1-9H3/t11-,12-,13?,14?,15?/m0/s1. The normalized spacial score (nSPS) is 36.1. The minimum atomic E-state index is -1.58. The summed E-state index contributed by atoms with van der Waals surface area (Å²) >= 11 is 0. The van der Waals surface area contributed by atoms with E-state index in [1.165, 1.54) is 0 Å². The molecule has 3 nitrogen and oxygen atoms in total. The molecule has 5 atom stereocenters. The lowest BCUT2D eigenvalue weighted by Crippen LogP contribution is -2.51. The van der Waals surface area contributed by atoms with Crippen LogP contribution in [0.3, 0.4) is 0 Å². The van der Waals surface area contributed by atoms with Gasteiger partial charge >= 0.3 is 0 Å². The van der Waals surface area contributed by atoms with Crippen LogP contribution in [0.4, 0.5) is 0 Å². The Balaban J connectivity index is 2.71. The molecule has 5 heteroatoms. The van der Waals surface area contributed by atoms with E-state index in [4.69, 9.17) is 13.6 Å². The molecular formula is C15H34O3Si2. The van der Waals surface area contributed by atoms with Crippen LogP contribution in [0.2, 0.25) is 39.3 Å². The number of hydrogen-bond acceptors (Lipinski definition) is 3. The first-order valence-electron chi connectivity index (χ1n) is 7.88. The van der Waals surface area contributed by atoms with Crippen LogP contribution in [-0.4, -0.2) is 35.6 Å². The Morgan fingerprint density at radius 1 is 0.800 bits per heavy atom. The zero-order valence-corrected chi connectivity index (χ0v) is 16.8. The zero-order chi connectivity index (χ0) is 15.7. The molecule has 0 aromatic carbocycles. The van der Waals surface area contributed by atoms with Crippen LogP contribution in [0.5, 0.6) is 0 Å². The third-order valence-electron chi connectivity index (χ3n) is 4.13. The van der Waals surface area contributed by atoms with E-state index in [0.717, 1.165) is 0 Å². The SMILES string of the molecule is CC1C(O[Si](C)(C)C)OC(CO[Si](C)(C)C)[C@@H](C)[C@@H]1C. The van der Waals surface area contributed by atoms with Crippen LogP contribution in [-0.2, 0) is 13.6 Å². The lowest BCUT2D eigenvalue weighted by atomic mass is 9.79. The van der Waals surface area contributed by atoms with Crippen molar-refractivity contribution in [3.63, 3.8) is 0 Å². The Labute approximate surface area is 127 Å². The van der Waals surface area contributed by atoms with Crippen molar-refractivity contribution in [1.29, 1.82) is 0 Å². The van der Waals surface area contributed by atoms with Crippen LogP contribution in [0.25, 0.3) is 0 Å². The van der Waals surface area contributed by atoms with Gasteiger partial charge in [-0.15, -0.1) is 0 Å². The van der Waals surface area contributed by atoms with E-state index >= 15 is 0 Å². The molecule has 1 aliphatic heterocycles. The van der Waals surface area contributed by atoms with Crippen LogP contribution < -0.4 is 0 Å². The van der Waals surface area contributed by atoms with Crippen molar-refractivity contribution in [2.45, 2.75) is 72.4 Å². The molecule has 0 N–H and O–H groups in total. The quantitative estimate of drug-likeness (QED) is 0.706. The van der Waals surface area contributed by atoms with E-state index in [-0.39, 0.29) is 12.4 Å². The highest BCUT2D eigenvalue weighted by Gasteiger charge is 2.41. The Hall–Kier alpha value is 0.314. The average Bonchev–Trinajstić information content (AvgIpc) is 2.25. The van der Waals surface area contributed by atoms with Gasteiger partial charge in [-0.1, -0.05) is 20.8 Å². The molecule has 0 aromatic heterocycles. The smallest absolute Gasteiger partial charge is 0.187 e. The molecule has 3 unspecified atom stereocenters. The highest BCUT2D eigenvalue weighted by atomic mass is 28.4. The molecular weight excluding hydrogens is 284 g/mol. The summed E-state index contributed by atoms with van der Waals surface area (Å²) in [5.74, 6) is 1.56. The highest BCUT2D eigenvalue weighted by Crippen LogP contribution is 2.36. The van der Waals surface area contributed by atoms with Gasteiger partial charge in [0.25, 0.3) is 0 Å². The molecule has 1 heterocycles. The van der Waals surface area contributed by atoms with Crippen molar-refractivity contribution in [2.75, 3.05) is 6.61 Å². The fraction of sp³-hybridized carbons (Fsp3) is 1.00. The first kappa shape index (κ1) is 18.4. The minimum Gasteiger partial charge on any atom is -0.415 e. The van der Waals surface area contributed by atoms with Gasteiger partial charge in [0.05, 0.1) is 12.7 Å². The van der Waals surface area contributed by atoms with E-state index < -0.39 is 16.6 Å². The molecule has 0 radical (unpaired) electrons. The average molecular weight is 319 g/mol. The van der Waals surface area contributed by atoms with Crippen LogP contribution in [0.15, 0.2) is 0 Å². The molecule has 1 aliphatic rings. The maximum absolute atomic E-state index is 6.26. The van der Waals surface area contributed by atoms with Gasteiger partial charge in [0.2, 0.25) is 0 Å². The molecule has 0 aliphatic carbocycles. The maximum Gasteiger partial charge on any atom is 0.187 e. The number of hydrogen-bond donors (Lipinski definition) is 0. The second-order valence-electron chi connectivity index (χ2n) is 8.27. The van der Waals surface area contributed by atoms with Crippen LogP contribution in [0.1, 0.15) is 20.8 Å². The first-order chi connectivity index (χ1) is 8.91. The summed E-state index contributed by atoms with van der Waals surface area (Å²) in [5.41, 5.74) is 0. The topological polar surface area (TPSA) is 27.7 Å². The summed E-state index contributed by atoms with van der Waals surface area (Å²) in [4.78, 5) is 0. The molecule has 1 fully saturated rings. The predicted molar refractivity (Wildman–Crippen MR) is 89.9 cm³/mol. The van der Waals surface area contributed by atoms with Crippen LogP contribution in [0, 0.1) is 17.8 Å². The summed E-state index contributed by atoms with van der Waals surface area (Å²) in [7, 11) is -3.08. The molecule has 120 valence electrons. The minimum absolute atomic E-state index is 0.0666. The van der Waals surface area contributed by atoms with Crippen molar-refractivity contribution in [1.82, 2.24) is 0 Å². The Morgan fingerprint density at radius 2 is 1.35 bits per heavy atom. The van der Waals surface area contributed by atoms with Crippen molar-refractivity contribution < 1.29 is 13.6 Å². The monoisotopic (exact) mass is 318 g/mol. The lowest BCUT2D eigenvalue weighted by Gasteiger charge is -2.45. The van der Waals surface area contributed by atoms with Gasteiger partial charge in [0.1, 0.15) is 0 Å². The third-order valence-corrected chi connectivity index (χ3v) is 6.11. The van der Waals surface area contributed by atoms with Crippen LogP contribution >= 0.6 is 0 Å². The van der Waals surface area contributed by atoms with Gasteiger partial charge < -0.3 is 13.6 Å². The van der Waals surface area contributed by atoms with E-state index in [2.05, 4.69) is 60.1 Å². The van der Waals surface area contributed by atoms with Gasteiger partial charge in [-0.25, -0.2) is 0 Å². The highest BCUT2D eigenvalue weighted by molar-refractivity contribution is 6.70. The predicted octanol–water partition coefficient (Wildman–Crippen LogP) is 4.32. The molecule has 20 heavy (non-hydrogen) atoms. The maximum atomic E-state index is 6.26. The van der Waals surface area contributed by atoms with E-state index in [1.807, 2.05) is 0 Å². The first-order valence-corrected chi connectivity index (χ1v) is 14.7. The van der Waals surface area contributed by atoms with E-state index in [9.17, 15) is 0 Å². The van der Waals surface area contributed by atoms with Gasteiger partial charge in [-0.3, -0.25) is 0 Å². The largest absolute Gasteiger partial charge is 0.415 e. The van der Waals surface area contributed by atoms with Crippen molar-refractivity contribution >= 4 is 16.6 Å². The summed E-state index contributed by atoms with van der Waals surface area (Å²) in [6.45, 7) is 20.9. The van der Waals surface area contributed by atoms with E-state index in [1.54, 1.807) is 0 Å². The molecule has 0 aromatic rings. The second kappa shape index (κ2) is 6.61. The fourth-order valence-electron chi connectivity index (χ4n) is 2.49. The van der Waals surface area contributed by atoms with Gasteiger partial charge in [-0.2, -0.15) is 0 Å². The van der Waals surface area contributed by atoms with Crippen molar-refractivity contribution in [3.8, 4) is 0 Å². The third kappa shape index (κ3) is 5.60. The Morgan fingerprint density at radius 3 is 1.80 bits per heavy atom. The summed E-state index contributed by atoms with van der Waals surface area (Å²) < 4.78 is 18.6. The Kier molecular flexibility index (Phi) is 6.07. The summed E-state index contributed by atoms with van der Waals surface area (Å²) in [6.07, 6.45) is 0.0948. The molecule has 0 amide bonds. The number of ether oxygens (including phenoxy) is 1. The van der Waals surface area contributed by atoms with Crippen molar-refractivity contribution in [2.24, 2.45) is 17.8 Å². The molecule has 0 bridgehead atoms. The van der Waals surface area contributed by atoms with Crippen molar-refractivity contribution in [3.05, 3.63) is 0 Å². The van der Waals surface area contributed by atoms with Gasteiger partial charge in [0.15, 0.2) is 22.9 Å². The molecule has 0 spiro atoms. The summed E-state index contributed by atoms with van der Waals surface area (Å²) in [5, 5.41) is 0. The van der Waals surface area contributed by atoms with Gasteiger partial charge in [0, 0.05) is 5.92 Å². The van der Waals surface area contributed by atoms with E-state index in [0.29, 0.717) is 24.4 Å². The molecule has 0 saturated carbocycles. The fourth-order valence-corrected chi connectivity index (χ4v) is 4.12. The Bertz CT molecular complexity index is 307. The molecule has 1 saturated heterocycles. The summed E-state index contributed by atoms with van der Waals surface area (Å²) in [6, 6.07) is 0.